The number of nitrogens with two attached hydrogens (primary N) is 1. The number of halogens is 1. The molecule has 2 rings (SSSR count). The van der Waals surface area contributed by atoms with E-state index in [2.05, 4.69) is 5.10 Å². The fourth-order valence-electron chi connectivity index (χ4n) is 1.73. The van der Waals surface area contributed by atoms with Crippen molar-refractivity contribution in [2.24, 2.45) is 5.73 Å². The van der Waals surface area contributed by atoms with E-state index in [1.54, 1.807) is 23.0 Å². The predicted octanol–water partition coefficient (Wildman–Crippen LogP) is 2.64. The summed E-state index contributed by atoms with van der Waals surface area (Å²) in [4.78, 5) is 0. The van der Waals surface area contributed by atoms with E-state index in [4.69, 9.17) is 10.5 Å². The van der Waals surface area contributed by atoms with E-state index in [-0.39, 0.29) is 11.8 Å². The van der Waals surface area contributed by atoms with Gasteiger partial charge >= 0.3 is 0 Å². The summed E-state index contributed by atoms with van der Waals surface area (Å²) < 4.78 is 21.0. The van der Waals surface area contributed by atoms with Crippen LogP contribution in [-0.2, 0) is 13.2 Å². The summed E-state index contributed by atoms with van der Waals surface area (Å²) in [6, 6.07) is 4.61. The Bertz CT molecular complexity index is 551. The van der Waals surface area contributed by atoms with Crippen LogP contribution in [0.3, 0.4) is 0 Å². The molecule has 0 fully saturated rings. The number of benzene rings is 1. The van der Waals surface area contributed by atoms with E-state index in [1.807, 2.05) is 20.0 Å². The maximum absolute atomic E-state index is 13.8. The van der Waals surface area contributed by atoms with Crippen molar-refractivity contribution < 1.29 is 9.13 Å². The minimum Gasteiger partial charge on any atom is -0.486 e. The van der Waals surface area contributed by atoms with Gasteiger partial charge in [-0.15, -0.1) is 0 Å². The van der Waals surface area contributed by atoms with Gasteiger partial charge in [-0.1, -0.05) is 6.07 Å². The highest BCUT2D eigenvalue weighted by Crippen LogP contribution is 2.22. The molecule has 0 aliphatic heterocycles. The third kappa shape index (κ3) is 3.32. The van der Waals surface area contributed by atoms with Crippen molar-refractivity contribution in [3.05, 3.63) is 47.5 Å². The van der Waals surface area contributed by atoms with Gasteiger partial charge in [-0.2, -0.15) is 5.10 Å². The number of nitrogens with zero attached hydrogens (tertiary/aromatic N) is 2. The van der Waals surface area contributed by atoms with Crippen LogP contribution in [0.1, 0.15) is 31.0 Å². The summed E-state index contributed by atoms with van der Waals surface area (Å²) in [6.07, 6.45) is 3.60. The lowest BCUT2D eigenvalue weighted by Crippen LogP contribution is -2.06. The molecule has 102 valence electrons. The van der Waals surface area contributed by atoms with E-state index < -0.39 is 5.82 Å². The second kappa shape index (κ2) is 5.84. The van der Waals surface area contributed by atoms with Gasteiger partial charge in [-0.05, 0) is 31.5 Å². The average molecular weight is 263 g/mol. The van der Waals surface area contributed by atoms with Crippen LogP contribution in [0.2, 0.25) is 0 Å². The maximum Gasteiger partial charge on any atom is 0.165 e. The monoisotopic (exact) mass is 263 g/mol. The number of aromatic nitrogens is 2. The largest absolute Gasteiger partial charge is 0.486 e. The predicted molar refractivity (Wildman–Crippen MR) is 71.2 cm³/mol. The van der Waals surface area contributed by atoms with Gasteiger partial charge in [0.2, 0.25) is 0 Å². The first kappa shape index (κ1) is 13.5. The molecular formula is C14H18FN3O. The Morgan fingerprint density at radius 3 is 2.84 bits per heavy atom. The molecule has 2 N–H and O–H groups in total. The molecule has 2 aromatic rings. The minimum atomic E-state index is -0.391. The number of rotatable bonds is 5. The van der Waals surface area contributed by atoms with Gasteiger partial charge in [0.05, 0.1) is 6.20 Å². The van der Waals surface area contributed by atoms with Gasteiger partial charge in [0, 0.05) is 24.3 Å². The van der Waals surface area contributed by atoms with E-state index in [0.29, 0.717) is 6.61 Å². The smallest absolute Gasteiger partial charge is 0.165 e. The molecule has 1 atom stereocenters. The number of ether oxygens (including phenoxy) is 1. The van der Waals surface area contributed by atoms with Crippen LogP contribution in [0.25, 0.3) is 0 Å². The zero-order valence-corrected chi connectivity index (χ0v) is 11.1. The summed E-state index contributed by atoms with van der Waals surface area (Å²) in [7, 11) is 0. The topological polar surface area (TPSA) is 53.1 Å². The molecule has 1 heterocycles. The Labute approximate surface area is 112 Å². The molecule has 0 saturated heterocycles. The lowest BCUT2D eigenvalue weighted by molar-refractivity contribution is 0.290. The molecule has 1 aromatic carbocycles. The quantitative estimate of drug-likeness (QED) is 0.902. The third-order valence-corrected chi connectivity index (χ3v) is 2.89. The zero-order chi connectivity index (χ0) is 13.8. The summed E-state index contributed by atoms with van der Waals surface area (Å²) >= 11 is 0. The normalized spacial score (nSPS) is 12.4. The van der Waals surface area contributed by atoms with Crippen LogP contribution in [-0.4, -0.2) is 9.78 Å². The number of hydrogen-bond donors (Lipinski definition) is 1. The van der Waals surface area contributed by atoms with Crippen molar-refractivity contribution in [3.63, 3.8) is 0 Å². The second-order valence-corrected chi connectivity index (χ2v) is 4.47. The number of hydrogen-bond acceptors (Lipinski definition) is 3. The van der Waals surface area contributed by atoms with E-state index in [9.17, 15) is 4.39 Å². The molecule has 19 heavy (non-hydrogen) atoms. The Kier molecular flexibility index (Phi) is 4.16. The second-order valence-electron chi connectivity index (χ2n) is 4.47. The highest BCUT2D eigenvalue weighted by molar-refractivity contribution is 5.30. The Morgan fingerprint density at radius 1 is 1.47 bits per heavy atom. The van der Waals surface area contributed by atoms with Crippen LogP contribution in [0.4, 0.5) is 4.39 Å². The summed E-state index contributed by atoms with van der Waals surface area (Å²) in [5.41, 5.74) is 7.36. The molecule has 0 saturated carbocycles. The molecule has 0 aliphatic rings. The van der Waals surface area contributed by atoms with Crippen molar-refractivity contribution in [1.82, 2.24) is 9.78 Å². The van der Waals surface area contributed by atoms with E-state index in [0.717, 1.165) is 17.7 Å². The molecule has 0 radical (unpaired) electrons. The van der Waals surface area contributed by atoms with Crippen LogP contribution < -0.4 is 10.5 Å². The standard InChI is InChI=1S/C14H18FN3O/c1-3-18-8-11(7-17-18)9-19-14-5-4-12(10(2)16)6-13(14)15/h4-8,10H,3,9,16H2,1-2H3/t10-/m1/s1. The lowest BCUT2D eigenvalue weighted by atomic mass is 10.1. The highest BCUT2D eigenvalue weighted by atomic mass is 19.1. The van der Waals surface area contributed by atoms with Crippen molar-refractivity contribution >= 4 is 0 Å². The van der Waals surface area contributed by atoms with Gasteiger partial charge in [-0.3, -0.25) is 4.68 Å². The zero-order valence-electron chi connectivity index (χ0n) is 11.1. The Hall–Kier alpha value is -1.88. The molecule has 5 heteroatoms. The first-order valence-corrected chi connectivity index (χ1v) is 6.29. The fourth-order valence-corrected chi connectivity index (χ4v) is 1.73. The van der Waals surface area contributed by atoms with Gasteiger partial charge in [0.1, 0.15) is 6.61 Å². The summed E-state index contributed by atoms with van der Waals surface area (Å²) in [5, 5.41) is 4.13. The maximum atomic E-state index is 13.8. The first-order valence-electron chi connectivity index (χ1n) is 6.29. The van der Waals surface area contributed by atoms with Crippen molar-refractivity contribution in [1.29, 1.82) is 0 Å². The molecular weight excluding hydrogens is 245 g/mol. The Balaban J connectivity index is 2.03. The van der Waals surface area contributed by atoms with Crippen molar-refractivity contribution in [2.75, 3.05) is 0 Å². The average Bonchev–Trinajstić information content (AvgIpc) is 2.85. The molecule has 0 bridgehead atoms. The number of aryl methyl sites for hydroxylation is 1. The SMILES string of the molecule is CCn1cc(COc2ccc([C@@H](C)N)cc2F)cn1. The van der Waals surface area contributed by atoms with Crippen LogP contribution >= 0.6 is 0 Å². The molecule has 0 amide bonds. The van der Waals surface area contributed by atoms with Crippen LogP contribution in [0.5, 0.6) is 5.75 Å². The molecule has 0 spiro atoms. The molecule has 1 aromatic heterocycles. The molecule has 0 unspecified atom stereocenters. The van der Waals surface area contributed by atoms with Crippen molar-refractivity contribution in [3.8, 4) is 5.75 Å². The van der Waals surface area contributed by atoms with E-state index >= 15 is 0 Å². The molecule has 4 nitrogen and oxygen atoms in total. The van der Waals surface area contributed by atoms with Gasteiger partial charge in [0.25, 0.3) is 0 Å². The Morgan fingerprint density at radius 2 is 2.26 bits per heavy atom. The summed E-state index contributed by atoms with van der Waals surface area (Å²) in [5.74, 6) is -0.161. The fraction of sp³-hybridized carbons (Fsp3) is 0.357. The summed E-state index contributed by atoms with van der Waals surface area (Å²) in [6.45, 7) is 4.92. The van der Waals surface area contributed by atoms with Crippen LogP contribution in [0.15, 0.2) is 30.6 Å². The van der Waals surface area contributed by atoms with E-state index in [1.165, 1.54) is 6.07 Å². The third-order valence-electron chi connectivity index (χ3n) is 2.89. The van der Waals surface area contributed by atoms with Gasteiger partial charge in [0.15, 0.2) is 11.6 Å². The van der Waals surface area contributed by atoms with Crippen molar-refractivity contribution in [2.45, 2.75) is 33.0 Å². The first-order chi connectivity index (χ1) is 9.10. The minimum absolute atomic E-state index is 0.189. The highest BCUT2D eigenvalue weighted by Gasteiger charge is 2.08. The lowest BCUT2D eigenvalue weighted by Gasteiger charge is -2.09. The van der Waals surface area contributed by atoms with Gasteiger partial charge in [-0.25, -0.2) is 4.39 Å². The van der Waals surface area contributed by atoms with Crippen LogP contribution in [0, 0.1) is 5.82 Å². The molecule has 0 aliphatic carbocycles. The van der Waals surface area contributed by atoms with Gasteiger partial charge < -0.3 is 10.5 Å².